The molecule has 1 amide bonds. The first kappa shape index (κ1) is 25.4. The lowest BCUT2D eigenvalue weighted by molar-refractivity contribution is -0.116. The van der Waals surface area contributed by atoms with Gasteiger partial charge in [-0.05, 0) is 44.2 Å². The zero-order chi connectivity index (χ0) is 23.9. The summed E-state index contributed by atoms with van der Waals surface area (Å²) in [6.07, 6.45) is 0. The highest BCUT2D eigenvalue weighted by Gasteiger charge is 2.27. The van der Waals surface area contributed by atoms with E-state index >= 15 is 0 Å². The van der Waals surface area contributed by atoms with Gasteiger partial charge in [0.2, 0.25) is 15.9 Å². The van der Waals surface area contributed by atoms with E-state index in [4.69, 9.17) is 21.1 Å². The first-order valence-electron chi connectivity index (χ1n) is 9.67. The Morgan fingerprint density at radius 1 is 1.03 bits per heavy atom. The van der Waals surface area contributed by atoms with Crippen molar-refractivity contribution in [3.63, 3.8) is 0 Å². The van der Waals surface area contributed by atoms with Crippen molar-refractivity contribution in [1.82, 2.24) is 4.31 Å². The van der Waals surface area contributed by atoms with Crippen LogP contribution in [0.3, 0.4) is 0 Å². The summed E-state index contributed by atoms with van der Waals surface area (Å²) in [6, 6.07) is 8.61. The number of likely N-dealkylation sites (N-methyl/N-ethyl adjacent to an activating group) is 1. The van der Waals surface area contributed by atoms with Crippen LogP contribution in [0, 0.1) is 0 Å². The van der Waals surface area contributed by atoms with Gasteiger partial charge in [-0.2, -0.15) is 4.31 Å². The summed E-state index contributed by atoms with van der Waals surface area (Å²) in [6.45, 7) is 4.03. The largest absolute Gasteiger partial charge is 0.490 e. The fourth-order valence-corrected chi connectivity index (χ4v) is 4.35. The molecular formula is C21H25ClN2O7S. The first-order valence-corrected chi connectivity index (χ1v) is 11.5. The highest BCUT2D eigenvalue weighted by molar-refractivity contribution is 7.89. The van der Waals surface area contributed by atoms with E-state index in [0.717, 1.165) is 10.4 Å². The SMILES string of the molecule is CCOc1ccc(NC(=O)CN(C)S(=O)(=O)c2cc(C(=O)OC)ccc2Cl)cc1OCC. The molecule has 9 nitrogen and oxygen atoms in total. The molecule has 2 aromatic carbocycles. The molecule has 0 atom stereocenters. The molecule has 0 aliphatic heterocycles. The molecule has 32 heavy (non-hydrogen) atoms. The molecule has 0 fully saturated rings. The van der Waals surface area contributed by atoms with Gasteiger partial charge in [-0.15, -0.1) is 0 Å². The predicted octanol–water partition coefficient (Wildman–Crippen LogP) is 3.18. The van der Waals surface area contributed by atoms with Crippen LogP contribution in [0.25, 0.3) is 0 Å². The van der Waals surface area contributed by atoms with E-state index in [2.05, 4.69) is 10.1 Å². The number of hydrogen-bond acceptors (Lipinski definition) is 7. The van der Waals surface area contributed by atoms with Gasteiger partial charge in [0, 0.05) is 18.8 Å². The molecule has 0 saturated carbocycles. The second kappa shape index (κ2) is 11.2. The van der Waals surface area contributed by atoms with Crippen LogP contribution < -0.4 is 14.8 Å². The molecular weight excluding hydrogens is 460 g/mol. The number of carbonyl (C=O) groups is 2. The van der Waals surface area contributed by atoms with E-state index in [0.29, 0.717) is 30.4 Å². The maximum absolute atomic E-state index is 12.9. The Balaban J connectivity index is 2.18. The van der Waals surface area contributed by atoms with Gasteiger partial charge in [-0.1, -0.05) is 11.6 Å². The second-order valence-corrected chi connectivity index (χ2v) is 8.89. The van der Waals surface area contributed by atoms with Crippen LogP contribution in [0.4, 0.5) is 5.69 Å². The first-order chi connectivity index (χ1) is 15.1. The fraction of sp³-hybridized carbons (Fsp3) is 0.333. The van der Waals surface area contributed by atoms with Gasteiger partial charge < -0.3 is 19.5 Å². The van der Waals surface area contributed by atoms with E-state index in [1.165, 1.54) is 26.3 Å². The number of sulfonamides is 1. The Hall–Kier alpha value is -2.82. The summed E-state index contributed by atoms with van der Waals surface area (Å²) in [5.74, 6) is -0.297. The maximum Gasteiger partial charge on any atom is 0.337 e. The second-order valence-electron chi connectivity index (χ2n) is 6.47. The molecule has 0 unspecified atom stereocenters. The lowest BCUT2D eigenvalue weighted by atomic mass is 10.2. The van der Waals surface area contributed by atoms with Gasteiger partial charge >= 0.3 is 5.97 Å². The van der Waals surface area contributed by atoms with Crippen molar-refractivity contribution in [3.05, 3.63) is 47.0 Å². The Kier molecular flexibility index (Phi) is 8.88. The van der Waals surface area contributed by atoms with E-state index < -0.39 is 28.4 Å². The van der Waals surface area contributed by atoms with Crippen molar-refractivity contribution >= 4 is 39.2 Å². The molecule has 1 N–H and O–H groups in total. The highest BCUT2D eigenvalue weighted by atomic mass is 35.5. The lowest BCUT2D eigenvalue weighted by Crippen LogP contribution is -2.35. The molecule has 174 valence electrons. The maximum atomic E-state index is 12.9. The molecule has 2 aromatic rings. The molecule has 11 heteroatoms. The Bertz CT molecular complexity index is 1090. The highest BCUT2D eigenvalue weighted by Crippen LogP contribution is 2.31. The number of amides is 1. The number of ether oxygens (including phenoxy) is 3. The van der Waals surface area contributed by atoms with Crippen molar-refractivity contribution in [2.24, 2.45) is 0 Å². The molecule has 0 aliphatic carbocycles. The molecule has 2 rings (SSSR count). The molecule has 0 heterocycles. The number of anilines is 1. The van der Waals surface area contributed by atoms with Crippen LogP contribution in [0.2, 0.25) is 5.02 Å². The van der Waals surface area contributed by atoms with Crippen molar-refractivity contribution in [2.75, 3.05) is 39.2 Å². The number of nitrogens with zero attached hydrogens (tertiary/aromatic N) is 1. The number of benzene rings is 2. The Morgan fingerprint density at radius 3 is 2.31 bits per heavy atom. The predicted molar refractivity (Wildman–Crippen MR) is 120 cm³/mol. The number of rotatable bonds is 10. The summed E-state index contributed by atoms with van der Waals surface area (Å²) in [5, 5.41) is 2.54. The standard InChI is InChI=1S/C21H25ClN2O7S/c1-5-30-17-10-8-15(12-18(17)31-6-2)23-20(25)13-24(3)32(27,28)19-11-14(21(26)29-4)7-9-16(19)22/h7-12H,5-6,13H2,1-4H3,(H,23,25). The van der Waals surface area contributed by atoms with Gasteiger partial charge in [0.15, 0.2) is 11.5 Å². The normalized spacial score (nSPS) is 11.2. The van der Waals surface area contributed by atoms with Gasteiger partial charge in [-0.25, -0.2) is 13.2 Å². The Labute approximate surface area is 192 Å². The van der Waals surface area contributed by atoms with Crippen LogP contribution in [-0.2, 0) is 19.6 Å². The minimum atomic E-state index is -4.16. The quantitative estimate of drug-likeness (QED) is 0.515. The number of carbonyl (C=O) groups excluding carboxylic acids is 2. The third-order valence-corrected chi connectivity index (χ3v) is 6.52. The minimum absolute atomic E-state index is 0.0196. The summed E-state index contributed by atoms with van der Waals surface area (Å²) in [5.41, 5.74) is 0.435. The van der Waals surface area contributed by atoms with Gasteiger partial charge in [0.25, 0.3) is 0 Å². The van der Waals surface area contributed by atoms with Crippen LogP contribution in [0.5, 0.6) is 11.5 Å². The molecule has 0 radical (unpaired) electrons. The van der Waals surface area contributed by atoms with Gasteiger partial charge in [0.05, 0.1) is 37.5 Å². The van der Waals surface area contributed by atoms with Crippen LogP contribution in [0.15, 0.2) is 41.3 Å². The average molecular weight is 485 g/mol. The number of nitrogens with one attached hydrogen (secondary N) is 1. The third-order valence-electron chi connectivity index (χ3n) is 4.23. The van der Waals surface area contributed by atoms with Gasteiger partial charge in [-0.3, -0.25) is 4.79 Å². The zero-order valence-corrected chi connectivity index (χ0v) is 19.7. The summed E-state index contributed by atoms with van der Waals surface area (Å²) >= 11 is 6.04. The molecule has 0 spiro atoms. The van der Waals surface area contributed by atoms with Crippen LogP contribution in [-0.4, -0.2) is 58.5 Å². The van der Waals surface area contributed by atoms with Crippen molar-refractivity contribution in [3.8, 4) is 11.5 Å². The number of methoxy groups -OCH3 is 1. The van der Waals surface area contributed by atoms with E-state index in [-0.39, 0.29) is 15.5 Å². The van der Waals surface area contributed by atoms with Crippen LogP contribution in [0.1, 0.15) is 24.2 Å². The average Bonchev–Trinajstić information content (AvgIpc) is 2.75. The number of esters is 1. The van der Waals surface area contributed by atoms with Gasteiger partial charge in [0.1, 0.15) is 4.90 Å². The number of halogens is 1. The van der Waals surface area contributed by atoms with E-state index in [9.17, 15) is 18.0 Å². The molecule has 0 aromatic heterocycles. The van der Waals surface area contributed by atoms with E-state index in [1.54, 1.807) is 18.2 Å². The monoisotopic (exact) mass is 484 g/mol. The van der Waals surface area contributed by atoms with Crippen LogP contribution >= 0.6 is 11.6 Å². The lowest BCUT2D eigenvalue weighted by Gasteiger charge is -2.18. The molecule has 0 bridgehead atoms. The molecule has 0 aliphatic rings. The summed E-state index contributed by atoms with van der Waals surface area (Å²) < 4.78 is 42.3. The molecule has 0 saturated heterocycles. The fourth-order valence-electron chi connectivity index (χ4n) is 2.73. The smallest absolute Gasteiger partial charge is 0.337 e. The number of hydrogen-bond donors (Lipinski definition) is 1. The topological polar surface area (TPSA) is 111 Å². The zero-order valence-electron chi connectivity index (χ0n) is 18.2. The minimum Gasteiger partial charge on any atom is -0.490 e. The van der Waals surface area contributed by atoms with Crippen molar-refractivity contribution < 1.29 is 32.2 Å². The van der Waals surface area contributed by atoms with E-state index in [1.807, 2.05) is 13.8 Å². The van der Waals surface area contributed by atoms with Crippen molar-refractivity contribution in [1.29, 1.82) is 0 Å². The summed E-state index contributed by atoms with van der Waals surface area (Å²) in [4.78, 5) is 23.9. The Morgan fingerprint density at radius 2 is 1.69 bits per heavy atom. The summed E-state index contributed by atoms with van der Waals surface area (Å²) in [7, 11) is -1.75. The third kappa shape index (κ3) is 6.12. The van der Waals surface area contributed by atoms with Crippen molar-refractivity contribution in [2.45, 2.75) is 18.7 Å².